The zero-order valence-corrected chi connectivity index (χ0v) is 22.6. The third-order valence-electron chi connectivity index (χ3n) is 6.37. The van der Waals surface area contributed by atoms with Crippen LogP contribution in [0.3, 0.4) is 0 Å². The maximum atomic E-state index is 14.0. The second-order valence-electron chi connectivity index (χ2n) is 9.31. The molecule has 1 fully saturated rings. The van der Waals surface area contributed by atoms with Crippen molar-refractivity contribution >= 4 is 11.5 Å². The molecule has 7 N–H and O–H groups in total. The summed E-state index contributed by atoms with van der Waals surface area (Å²) in [6.07, 6.45) is 10.5. The number of hydrazine groups is 3. The lowest BCUT2D eigenvalue weighted by atomic mass is 10.1. The van der Waals surface area contributed by atoms with E-state index in [1.807, 2.05) is 13.8 Å². The van der Waals surface area contributed by atoms with Gasteiger partial charge in [-0.2, -0.15) is 0 Å². The van der Waals surface area contributed by atoms with Gasteiger partial charge in [-0.15, -0.1) is 6.42 Å². The number of rotatable bonds is 11. The van der Waals surface area contributed by atoms with Crippen molar-refractivity contribution in [3.8, 4) is 12.3 Å². The number of hydrogen-bond acceptors (Lipinski definition) is 9. The highest BCUT2D eigenvalue weighted by Gasteiger charge is 2.28. The molecule has 1 aromatic heterocycles. The molecule has 2 rings (SSSR count). The van der Waals surface area contributed by atoms with E-state index in [1.54, 1.807) is 32.2 Å². The molecule has 11 heteroatoms. The van der Waals surface area contributed by atoms with Crippen LogP contribution >= 0.6 is 0 Å². The molecule has 1 aliphatic rings. The number of halogens is 1. The molecule has 0 aromatic carbocycles. The number of terminal acetylenes is 1. The molecule has 1 aromatic rings. The predicted octanol–water partition coefficient (Wildman–Crippen LogP) is 2.03. The topological polar surface area (TPSA) is 137 Å². The molecule has 1 aliphatic heterocycles. The van der Waals surface area contributed by atoms with Crippen molar-refractivity contribution in [3.05, 3.63) is 47.1 Å². The van der Waals surface area contributed by atoms with Crippen LogP contribution in [0.4, 0.5) is 10.1 Å². The SMILES string of the molecule is C#CC(N(N)CCN1CC(C)OCC1C)N(N)c1c(C(=N)N(N)C/C=C(C)\C(F)=C/CC)ccnc1C. The van der Waals surface area contributed by atoms with Crippen LogP contribution < -0.4 is 22.5 Å². The Balaban J connectivity index is 2.20. The molecule has 1 saturated heterocycles. The highest BCUT2D eigenvalue weighted by molar-refractivity contribution is 6.01. The molecular formula is C26H42FN9O. The van der Waals surface area contributed by atoms with Gasteiger partial charge in [0.2, 0.25) is 0 Å². The monoisotopic (exact) mass is 515 g/mol. The summed E-state index contributed by atoms with van der Waals surface area (Å²) in [6, 6.07) is 1.92. The summed E-state index contributed by atoms with van der Waals surface area (Å²) in [6.45, 7) is 12.2. The largest absolute Gasteiger partial charge is 0.376 e. The van der Waals surface area contributed by atoms with Crippen molar-refractivity contribution in [2.75, 3.05) is 37.8 Å². The van der Waals surface area contributed by atoms with Gasteiger partial charge in [-0.3, -0.25) is 31.2 Å². The van der Waals surface area contributed by atoms with Gasteiger partial charge in [-0.1, -0.05) is 18.9 Å². The Labute approximate surface area is 220 Å². The van der Waals surface area contributed by atoms with Gasteiger partial charge in [-0.05, 0) is 51.8 Å². The molecule has 0 bridgehead atoms. The van der Waals surface area contributed by atoms with E-state index in [0.29, 0.717) is 48.6 Å². The number of amidine groups is 1. The number of ether oxygens (including phenoxy) is 1. The fraction of sp³-hybridized carbons (Fsp3) is 0.538. The van der Waals surface area contributed by atoms with E-state index in [1.165, 1.54) is 21.1 Å². The summed E-state index contributed by atoms with van der Waals surface area (Å²) >= 11 is 0. The zero-order chi connectivity index (χ0) is 27.7. The standard InChI is InChI=1S/C26H42FN9O/c1-7-9-23(27)18(3)11-13-35(30)26(28)22-10-12-32-21(6)25(22)36(31)24(8-2)34(29)15-14-33-16-20(5)37-17-19(33)4/h2,9-12,19-20,24,28H,7,13-17,29-31H2,1,3-6H3/b18-11-,23-9+,28-26?. The van der Waals surface area contributed by atoms with Crippen LogP contribution in [-0.4, -0.2) is 76.8 Å². The van der Waals surface area contributed by atoms with Gasteiger partial charge in [0.25, 0.3) is 0 Å². The molecule has 0 saturated carbocycles. The summed E-state index contributed by atoms with van der Waals surface area (Å²) in [5.74, 6) is 21.4. The van der Waals surface area contributed by atoms with E-state index in [0.717, 1.165) is 6.54 Å². The minimum Gasteiger partial charge on any atom is -0.376 e. The average molecular weight is 516 g/mol. The third kappa shape index (κ3) is 8.07. The van der Waals surface area contributed by atoms with E-state index >= 15 is 0 Å². The smallest absolute Gasteiger partial charge is 0.171 e. The molecule has 3 atom stereocenters. The van der Waals surface area contributed by atoms with Crippen LogP contribution in [0, 0.1) is 24.7 Å². The van der Waals surface area contributed by atoms with E-state index in [-0.39, 0.29) is 30.4 Å². The van der Waals surface area contributed by atoms with E-state index in [9.17, 15) is 4.39 Å². The second-order valence-corrected chi connectivity index (χ2v) is 9.31. The summed E-state index contributed by atoms with van der Waals surface area (Å²) < 4.78 is 19.7. The van der Waals surface area contributed by atoms with Crippen LogP contribution in [0.25, 0.3) is 0 Å². The van der Waals surface area contributed by atoms with Gasteiger partial charge in [-0.25, -0.2) is 21.1 Å². The molecule has 37 heavy (non-hydrogen) atoms. The quantitative estimate of drug-likeness (QED) is 0.0663. The number of aromatic nitrogens is 1. The number of nitrogens with zero attached hydrogens (tertiary/aromatic N) is 5. The Kier molecular flexibility index (Phi) is 11.6. The molecule has 10 nitrogen and oxygen atoms in total. The molecule has 0 spiro atoms. The van der Waals surface area contributed by atoms with Crippen LogP contribution in [0.1, 0.15) is 45.4 Å². The first-order chi connectivity index (χ1) is 17.5. The minimum absolute atomic E-state index is 0.0182. The van der Waals surface area contributed by atoms with Crippen molar-refractivity contribution in [3.63, 3.8) is 0 Å². The Morgan fingerprint density at radius 2 is 2.08 bits per heavy atom. The van der Waals surface area contributed by atoms with Crippen molar-refractivity contribution < 1.29 is 9.13 Å². The van der Waals surface area contributed by atoms with Crippen LogP contribution in [0.5, 0.6) is 0 Å². The van der Waals surface area contributed by atoms with Crippen LogP contribution in [-0.2, 0) is 4.74 Å². The minimum atomic E-state index is -0.801. The first-order valence-corrected chi connectivity index (χ1v) is 12.5. The Hall–Kier alpha value is -2.85. The van der Waals surface area contributed by atoms with Gasteiger partial charge in [0.1, 0.15) is 11.7 Å². The van der Waals surface area contributed by atoms with Crippen LogP contribution in [0.2, 0.25) is 0 Å². The maximum absolute atomic E-state index is 14.0. The van der Waals surface area contributed by atoms with E-state index in [4.69, 9.17) is 34.1 Å². The number of pyridine rings is 1. The zero-order valence-electron chi connectivity index (χ0n) is 22.6. The van der Waals surface area contributed by atoms with Gasteiger partial charge in [0.15, 0.2) is 6.17 Å². The van der Waals surface area contributed by atoms with Gasteiger partial charge in [0.05, 0.1) is 30.6 Å². The number of allylic oxidation sites excluding steroid dienone is 3. The number of hydrogen-bond donors (Lipinski definition) is 4. The normalized spacial score (nSPS) is 20.0. The summed E-state index contributed by atoms with van der Waals surface area (Å²) in [5, 5.41) is 12.8. The highest BCUT2D eigenvalue weighted by Crippen LogP contribution is 2.25. The van der Waals surface area contributed by atoms with Gasteiger partial charge >= 0.3 is 0 Å². The molecule has 2 heterocycles. The molecule has 0 radical (unpaired) electrons. The lowest BCUT2D eigenvalue weighted by molar-refractivity contribution is -0.0519. The first kappa shape index (κ1) is 30.4. The fourth-order valence-electron chi connectivity index (χ4n) is 4.10. The van der Waals surface area contributed by atoms with E-state index in [2.05, 4.69) is 22.7 Å². The van der Waals surface area contributed by atoms with Crippen molar-refractivity contribution in [2.24, 2.45) is 17.5 Å². The molecule has 0 aliphatic carbocycles. The number of anilines is 1. The average Bonchev–Trinajstić information content (AvgIpc) is 2.87. The fourth-order valence-corrected chi connectivity index (χ4v) is 4.10. The first-order valence-electron chi connectivity index (χ1n) is 12.5. The number of aryl methyl sites for hydroxylation is 1. The summed E-state index contributed by atoms with van der Waals surface area (Å²) in [4.78, 5) is 6.64. The summed E-state index contributed by atoms with van der Waals surface area (Å²) in [5.41, 5.74) is 1.88. The Morgan fingerprint density at radius 1 is 1.38 bits per heavy atom. The van der Waals surface area contributed by atoms with Crippen molar-refractivity contribution in [1.29, 1.82) is 5.41 Å². The summed E-state index contributed by atoms with van der Waals surface area (Å²) in [7, 11) is 0. The number of morpholine rings is 1. The predicted molar refractivity (Wildman–Crippen MR) is 147 cm³/mol. The number of nitrogens with two attached hydrogens (primary N) is 3. The van der Waals surface area contributed by atoms with E-state index < -0.39 is 6.17 Å². The van der Waals surface area contributed by atoms with Gasteiger partial charge < -0.3 is 4.74 Å². The molecular weight excluding hydrogens is 473 g/mol. The lowest BCUT2D eigenvalue weighted by Gasteiger charge is -2.39. The molecule has 3 unspecified atom stereocenters. The van der Waals surface area contributed by atoms with Crippen molar-refractivity contribution in [1.82, 2.24) is 19.9 Å². The highest BCUT2D eigenvalue weighted by atomic mass is 19.1. The molecule has 0 amide bonds. The number of nitrogens with one attached hydrogen (secondary N) is 1. The Bertz CT molecular complexity index is 1020. The maximum Gasteiger partial charge on any atom is 0.171 e. The third-order valence-corrected chi connectivity index (χ3v) is 6.37. The van der Waals surface area contributed by atoms with Crippen molar-refractivity contribution in [2.45, 2.75) is 59.4 Å². The van der Waals surface area contributed by atoms with Gasteiger partial charge in [0, 0.05) is 37.4 Å². The van der Waals surface area contributed by atoms with Crippen LogP contribution in [0.15, 0.2) is 35.8 Å². The molecule has 204 valence electrons. The second kappa shape index (κ2) is 14.2. The Morgan fingerprint density at radius 3 is 2.73 bits per heavy atom. The lowest BCUT2D eigenvalue weighted by Crippen LogP contribution is -2.58.